The van der Waals surface area contributed by atoms with Crippen molar-refractivity contribution in [2.75, 3.05) is 18.5 Å². The third-order valence-electron chi connectivity index (χ3n) is 3.45. The van der Waals surface area contributed by atoms with Crippen molar-refractivity contribution >= 4 is 27.5 Å². The Morgan fingerprint density at radius 2 is 2.27 bits per heavy atom. The van der Waals surface area contributed by atoms with Gasteiger partial charge < -0.3 is 14.8 Å². The number of carbonyl (C=O) groups excluding carboxylic acids is 1. The van der Waals surface area contributed by atoms with Crippen molar-refractivity contribution in [2.45, 2.75) is 50.5 Å². The molecule has 1 N–H and O–H groups in total. The summed E-state index contributed by atoms with van der Waals surface area (Å²) in [6, 6.07) is 5.93. The number of halogens is 1. The van der Waals surface area contributed by atoms with E-state index in [9.17, 15) is 4.79 Å². The molecular weight excluding hydrogens is 346 g/mol. The van der Waals surface area contributed by atoms with Gasteiger partial charge in [0.1, 0.15) is 11.9 Å². The summed E-state index contributed by atoms with van der Waals surface area (Å²) in [5.74, 6) is 0.620. The van der Waals surface area contributed by atoms with Crippen LogP contribution >= 0.6 is 15.9 Å². The summed E-state index contributed by atoms with van der Waals surface area (Å²) in [6.45, 7) is 7.41. The summed E-state index contributed by atoms with van der Waals surface area (Å²) in [4.78, 5) is 12.2. The SMILES string of the molecule is CCOc1cc(CC(C)(C)Br)ccc1NC(=O)C1CCCO1. The van der Waals surface area contributed by atoms with Gasteiger partial charge in [-0.05, 0) is 57.7 Å². The highest BCUT2D eigenvalue weighted by atomic mass is 79.9. The summed E-state index contributed by atoms with van der Waals surface area (Å²) in [6.07, 6.45) is 2.27. The second-order valence-corrected chi connectivity index (χ2v) is 8.30. The summed E-state index contributed by atoms with van der Waals surface area (Å²) >= 11 is 3.66. The van der Waals surface area contributed by atoms with E-state index in [4.69, 9.17) is 9.47 Å². The second-order valence-electron chi connectivity index (χ2n) is 6.15. The van der Waals surface area contributed by atoms with Gasteiger partial charge in [0.25, 0.3) is 5.91 Å². The molecule has 1 unspecified atom stereocenters. The number of amides is 1. The molecule has 0 bridgehead atoms. The minimum atomic E-state index is -0.337. The van der Waals surface area contributed by atoms with Crippen LogP contribution in [0.5, 0.6) is 5.75 Å². The van der Waals surface area contributed by atoms with Gasteiger partial charge in [-0.3, -0.25) is 4.79 Å². The maximum Gasteiger partial charge on any atom is 0.253 e. The Bertz CT molecular complexity index is 519. The fraction of sp³-hybridized carbons (Fsp3) is 0.588. The summed E-state index contributed by atoms with van der Waals surface area (Å²) in [7, 11) is 0. The van der Waals surface area contributed by atoms with Crippen molar-refractivity contribution in [3.8, 4) is 5.75 Å². The van der Waals surface area contributed by atoms with Crippen molar-refractivity contribution in [3.05, 3.63) is 23.8 Å². The van der Waals surface area contributed by atoms with Gasteiger partial charge in [0.05, 0.1) is 12.3 Å². The van der Waals surface area contributed by atoms with E-state index in [0.29, 0.717) is 24.7 Å². The summed E-state index contributed by atoms with van der Waals surface area (Å²) in [5, 5.41) is 2.93. The molecule has 2 rings (SSSR count). The molecule has 0 saturated carbocycles. The summed E-state index contributed by atoms with van der Waals surface area (Å²) in [5.41, 5.74) is 1.87. The van der Waals surface area contributed by atoms with Crippen LogP contribution in [0.2, 0.25) is 0 Å². The minimum absolute atomic E-state index is 0.0267. The smallest absolute Gasteiger partial charge is 0.253 e. The van der Waals surface area contributed by atoms with Gasteiger partial charge in [0.2, 0.25) is 0 Å². The highest BCUT2D eigenvalue weighted by molar-refractivity contribution is 9.10. The maximum absolute atomic E-state index is 12.2. The lowest BCUT2D eigenvalue weighted by Crippen LogP contribution is -2.27. The van der Waals surface area contributed by atoms with Crippen LogP contribution in [0.15, 0.2) is 18.2 Å². The number of ether oxygens (including phenoxy) is 2. The Hall–Kier alpha value is -1.07. The van der Waals surface area contributed by atoms with Gasteiger partial charge in [-0.1, -0.05) is 22.0 Å². The quantitative estimate of drug-likeness (QED) is 0.773. The van der Waals surface area contributed by atoms with Gasteiger partial charge in [-0.2, -0.15) is 0 Å². The first-order valence-corrected chi connectivity index (χ1v) is 8.55. The van der Waals surface area contributed by atoms with E-state index in [1.54, 1.807) is 0 Å². The number of rotatable bonds is 6. The molecule has 1 heterocycles. The molecule has 5 heteroatoms. The zero-order valence-electron chi connectivity index (χ0n) is 13.4. The first-order valence-electron chi connectivity index (χ1n) is 7.76. The monoisotopic (exact) mass is 369 g/mol. The van der Waals surface area contributed by atoms with E-state index in [0.717, 1.165) is 19.3 Å². The lowest BCUT2D eigenvalue weighted by atomic mass is 10.0. The van der Waals surface area contributed by atoms with Crippen LogP contribution in [0.25, 0.3) is 0 Å². The van der Waals surface area contributed by atoms with E-state index in [1.165, 1.54) is 5.56 Å². The van der Waals surface area contributed by atoms with Crippen LogP contribution in [-0.4, -0.2) is 29.5 Å². The summed E-state index contributed by atoms with van der Waals surface area (Å²) < 4.78 is 11.1. The zero-order chi connectivity index (χ0) is 16.2. The number of benzene rings is 1. The lowest BCUT2D eigenvalue weighted by molar-refractivity contribution is -0.124. The zero-order valence-corrected chi connectivity index (χ0v) is 15.0. The largest absolute Gasteiger partial charge is 0.492 e. The van der Waals surface area contributed by atoms with Gasteiger partial charge in [0, 0.05) is 10.9 Å². The number of alkyl halides is 1. The molecule has 4 nitrogen and oxygen atoms in total. The Morgan fingerprint density at radius 1 is 1.50 bits per heavy atom. The van der Waals surface area contributed by atoms with Crippen molar-refractivity contribution < 1.29 is 14.3 Å². The number of nitrogens with one attached hydrogen (secondary N) is 1. The van der Waals surface area contributed by atoms with Crippen molar-refractivity contribution in [1.29, 1.82) is 0 Å². The Balaban J connectivity index is 2.13. The van der Waals surface area contributed by atoms with Crippen LogP contribution in [0.1, 0.15) is 39.2 Å². The number of anilines is 1. The van der Waals surface area contributed by atoms with Crippen LogP contribution < -0.4 is 10.1 Å². The molecule has 1 aliphatic heterocycles. The van der Waals surface area contributed by atoms with Crippen molar-refractivity contribution in [3.63, 3.8) is 0 Å². The van der Waals surface area contributed by atoms with Gasteiger partial charge in [0.15, 0.2) is 0 Å². The Kier molecular flexibility index (Phi) is 5.87. The molecule has 1 amide bonds. The van der Waals surface area contributed by atoms with E-state index < -0.39 is 0 Å². The second kappa shape index (κ2) is 7.47. The normalized spacial score (nSPS) is 18.3. The number of hydrogen-bond donors (Lipinski definition) is 1. The molecule has 22 heavy (non-hydrogen) atoms. The first-order chi connectivity index (χ1) is 10.4. The molecule has 0 spiro atoms. The van der Waals surface area contributed by atoms with Crippen molar-refractivity contribution in [2.24, 2.45) is 0 Å². The van der Waals surface area contributed by atoms with Crippen LogP contribution in [0.4, 0.5) is 5.69 Å². The standard InChI is InChI=1S/C17H24BrNO3/c1-4-21-15-10-12(11-17(2,3)18)7-8-13(15)19-16(20)14-6-5-9-22-14/h7-8,10,14H,4-6,9,11H2,1-3H3,(H,19,20). The van der Waals surface area contributed by atoms with E-state index in [2.05, 4.69) is 35.1 Å². The van der Waals surface area contributed by atoms with E-state index in [1.807, 2.05) is 25.1 Å². The van der Waals surface area contributed by atoms with E-state index >= 15 is 0 Å². The average molecular weight is 370 g/mol. The lowest BCUT2D eigenvalue weighted by Gasteiger charge is -2.19. The Morgan fingerprint density at radius 3 is 2.86 bits per heavy atom. The molecule has 1 aromatic rings. The molecule has 0 aromatic heterocycles. The van der Waals surface area contributed by atoms with Gasteiger partial charge in [-0.15, -0.1) is 0 Å². The highest BCUT2D eigenvalue weighted by Gasteiger charge is 2.24. The van der Waals surface area contributed by atoms with Crippen LogP contribution in [-0.2, 0) is 16.0 Å². The minimum Gasteiger partial charge on any atom is -0.492 e. The van der Waals surface area contributed by atoms with E-state index in [-0.39, 0.29) is 16.3 Å². The topological polar surface area (TPSA) is 47.6 Å². The molecule has 1 atom stereocenters. The number of carbonyl (C=O) groups is 1. The molecular formula is C17H24BrNO3. The Labute approximate surface area is 140 Å². The molecule has 1 saturated heterocycles. The molecule has 1 aliphatic rings. The van der Waals surface area contributed by atoms with Crippen molar-refractivity contribution in [1.82, 2.24) is 0 Å². The number of hydrogen-bond acceptors (Lipinski definition) is 3. The predicted molar refractivity (Wildman–Crippen MR) is 91.9 cm³/mol. The van der Waals surface area contributed by atoms with Gasteiger partial charge in [-0.25, -0.2) is 0 Å². The maximum atomic E-state index is 12.2. The highest BCUT2D eigenvalue weighted by Crippen LogP contribution is 2.30. The molecule has 0 aliphatic carbocycles. The van der Waals surface area contributed by atoms with Crippen LogP contribution in [0, 0.1) is 0 Å². The molecule has 122 valence electrons. The average Bonchev–Trinajstić information content (AvgIpc) is 2.94. The van der Waals surface area contributed by atoms with Gasteiger partial charge >= 0.3 is 0 Å². The third kappa shape index (κ3) is 4.99. The van der Waals surface area contributed by atoms with Crippen LogP contribution in [0.3, 0.4) is 0 Å². The fourth-order valence-corrected chi connectivity index (χ4v) is 2.86. The molecule has 0 radical (unpaired) electrons. The molecule has 1 fully saturated rings. The molecule has 1 aromatic carbocycles. The predicted octanol–water partition coefficient (Wildman–Crippen LogP) is 3.92. The third-order valence-corrected chi connectivity index (χ3v) is 3.73. The first kappa shape index (κ1) is 17.3. The fourth-order valence-electron chi connectivity index (χ4n) is 2.54.